The minimum absolute atomic E-state index is 0.0509. The molecule has 17 aromatic carbocycles. The Bertz CT molecular complexity index is 6330. The Hall–Kier alpha value is -11.0. The van der Waals surface area contributed by atoms with E-state index in [1.165, 1.54) is 190 Å². The van der Waals surface area contributed by atoms with Gasteiger partial charge in [-0.25, -0.2) is 0 Å². The molecule has 0 amide bonds. The lowest BCUT2D eigenvalue weighted by Crippen LogP contribution is -2.64. The van der Waals surface area contributed by atoms with Crippen molar-refractivity contribution < 1.29 is 0 Å². The Morgan fingerprint density at radius 1 is 0.224 bits per heavy atom. The van der Waals surface area contributed by atoms with Gasteiger partial charge < -0.3 is 14.7 Å². The second-order valence-corrected chi connectivity index (χ2v) is 30.9. The molecule has 21 rings (SSSR count). The fourth-order valence-corrected chi connectivity index (χ4v) is 19.2. The van der Waals surface area contributed by atoms with Crippen LogP contribution in [0.4, 0.5) is 51.2 Å². The summed E-state index contributed by atoms with van der Waals surface area (Å²) in [7, 11) is 0. The molecule has 4 aliphatic heterocycles. The maximum absolute atomic E-state index is 2.69. The zero-order chi connectivity index (χ0) is 65.2. The van der Waals surface area contributed by atoms with Gasteiger partial charge in [0.1, 0.15) is 0 Å². The van der Waals surface area contributed by atoms with Gasteiger partial charge in [0.05, 0.1) is 0 Å². The van der Waals surface area contributed by atoms with Crippen LogP contribution in [0.1, 0.15) is 52.7 Å². The number of hydrogen-bond donors (Lipinski definition) is 0. The monoisotopic (exact) mass is 1270 g/mol. The van der Waals surface area contributed by atoms with Crippen LogP contribution in [-0.4, -0.2) is 13.4 Å². The van der Waals surface area contributed by atoms with E-state index in [2.05, 4.69) is 341 Å². The van der Waals surface area contributed by atoms with Gasteiger partial charge in [0.2, 0.25) is 6.71 Å². The summed E-state index contributed by atoms with van der Waals surface area (Å²) in [6, 6.07) is 110. The molecule has 4 aliphatic rings. The molecule has 0 unspecified atom stereocenters. The summed E-state index contributed by atoms with van der Waals surface area (Å²) in [4.78, 5) is 10.5. The Balaban J connectivity index is 0.838. The summed E-state index contributed by atoms with van der Waals surface area (Å²) >= 11 is 1.97. The SMILES string of the molecule is CC(C)(C)c1cc2c3c(c1)N(c1ccc4c5ccccc5c5ccccc5c4c1)c1ccccc1B3c1cc3c(cc1S2)N(c1ccc2c4ccccc4c4ccccc4c2c1)c1cc(C(C)(C)C)cc2c1B3c1ccccc1N2c1ccc2c3ccccc3c3ccccc3c2c1. The number of anilines is 9. The van der Waals surface area contributed by atoms with Crippen molar-refractivity contribution in [3.05, 3.63) is 296 Å². The van der Waals surface area contributed by atoms with E-state index in [4.69, 9.17) is 0 Å². The highest BCUT2D eigenvalue weighted by Crippen LogP contribution is 2.52. The molecule has 0 aliphatic carbocycles. The summed E-state index contributed by atoms with van der Waals surface area (Å²) < 4.78 is 0. The molecule has 98 heavy (non-hydrogen) atoms. The molecule has 6 heteroatoms. The van der Waals surface area contributed by atoms with E-state index >= 15 is 0 Å². The molecule has 17 aromatic rings. The smallest absolute Gasteiger partial charge is 0.252 e. The van der Waals surface area contributed by atoms with Gasteiger partial charge in [-0.05, 0) is 225 Å². The van der Waals surface area contributed by atoms with Crippen molar-refractivity contribution in [2.24, 2.45) is 0 Å². The average Bonchev–Trinajstić information content (AvgIpc) is 0.687. The fourth-order valence-electron chi connectivity index (χ4n) is 17.9. The van der Waals surface area contributed by atoms with Gasteiger partial charge in [0, 0.05) is 61.0 Å². The van der Waals surface area contributed by atoms with E-state index < -0.39 is 0 Å². The number of para-hydroxylation sites is 2. The fraction of sp³-hybridized carbons (Fsp3) is 0.0870. The summed E-state index contributed by atoms with van der Waals surface area (Å²) in [5.74, 6) is 0. The van der Waals surface area contributed by atoms with E-state index in [1.54, 1.807) is 0 Å². The maximum atomic E-state index is 2.69. The third-order valence-electron chi connectivity index (χ3n) is 22.5. The molecule has 460 valence electrons. The predicted molar refractivity (Wildman–Crippen MR) is 425 cm³/mol. The molecule has 0 fully saturated rings. The lowest BCUT2D eigenvalue weighted by atomic mass is 9.31. The number of fused-ring (bicyclic) bond motifs is 26. The van der Waals surface area contributed by atoms with Crippen molar-refractivity contribution in [2.45, 2.75) is 62.2 Å². The van der Waals surface area contributed by atoms with Crippen molar-refractivity contribution in [2.75, 3.05) is 14.7 Å². The summed E-state index contributed by atoms with van der Waals surface area (Å²) in [5.41, 5.74) is 21.1. The largest absolute Gasteiger partial charge is 0.311 e. The Morgan fingerprint density at radius 3 is 0.888 bits per heavy atom. The number of benzene rings is 17. The van der Waals surface area contributed by atoms with Crippen LogP contribution in [0.5, 0.6) is 0 Å². The average molecular weight is 1270 g/mol. The third kappa shape index (κ3) is 7.86. The molecule has 0 atom stereocenters. The molecule has 0 spiro atoms. The highest BCUT2D eigenvalue weighted by atomic mass is 32.2. The van der Waals surface area contributed by atoms with E-state index in [9.17, 15) is 0 Å². The van der Waals surface area contributed by atoms with Gasteiger partial charge in [0.15, 0.2) is 0 Å². The molecular weight excluding hydrogens is 1200 g/mol. The number of rotatable bonds is 3. The van der Waals surface area contributed by atoms with Gasteiger partial charge in [-0.15, -0.1) is 0 Å². The first-order valence-corrected chi connectivity index (χ1v) is 35.5. The van der Waals surface area contributed by atoms with Crippen molar-refractivity contribution in [3.63, 3.8) is 0 Å². The standard InChI is InChI=1S/C92H65B2N3S/c1-91(2,3)54-45-84-89-85(46-54)97(58-41-44-73-67-31-12-9-25-61(67)64-28-15-18-34-70(64)76(73)51-58)83-53-87-80(52-79(83)93(89)77-35-19-21-37-81(77)95(84)56-39-42-71-65-29-10-7-23-59(65)62-26-13-16-32-68(62)74(71)49-56)94-78-36-20-22-38-82(78)96(86-47-55(92(4,5)6)48-88(98-87)90(86)94)57-40-43-72-66-30-11-8-24-60(66)63-27-14-17-33-69(63)75(72)50-57/h7-53H,1-6H3. The quantitative estimate of drug-likeness (QED) is 0.129. The van der Waals surface area contributed by atoms with Gasteiger partial charge >= 0.3 is 0 Å². The lowest BCUT2D eigenvalue weighted by Gasteiger charge is -2.46. The highest BCUT2D eigenvalue weighted by molar-refractivity contribution is 8.00. The van der Waals surface area contributed by atoms with Gasteiger partial charge in [0.25, 0.3) is 6.71 Å². The first-order valence-electron chi connectivity index (χ1n) is 34.7. The number of nitrogens with zero attached hydrogens (tertiary/aromatic N) is 3. The van der Waals surface area contributed by atoms with Gasteiger partial charge in [-0.2, -0.15) is 0 Å². The summed E-state index contributed by atoms with van der Waals surface area (Å²) in [6.45, 7) is 14.1. The van der Waals surface area contributed by atoms with Crippen LogP contribution in [0, 0.1) is 0 Å². The van der Waals surface area contributed by atoms with Crippen LogP contribution in [0.2, 0.25) is 0 Å². The molecule has 0 aromatic heterocycles. The normalized spacial score (nSPS) is 13.9. The Morgan fingerprint density at radius 2 is 0.520 bits per heavy atom. The maximum Gasteiger partial charge on any atom is 0.252 e. The van der Waals surface area contributed by atoms with Crippen molar-refractivity contribution in [1.82, 2.24) is 0 Å². The number of hydrogen-bond acceptors (Lipinski definition) is 4. The molecule has 0 N–H and O–H groups in total. The molecule has 4 heterocycles. The van der Waals surface area contributed by atoms with Crippen molar-refractivity contribution >= 4 is 206 Å². The van der Waals surface area contributed by atoms with E-state index in [0.717, 1.165) is 11.4 Å². The van der Waals surface area contributed by atoms with E-state index in [1.807, 2.05) is 11.8 Å². The Kier molecular flexibility index (Phi) is 11.6. The van der Waals surface area contributed by atoms with Crippen LogP contribution >= 0.6 is 11.8 Å². The second-order valence-electron chi connectivity index (χ2n) is 29.8. The van der Waals surface area contributed by atoms with E-state index in [-0.39, 0.29) is 24.3 Å². The van der Waals surface area contributed by atoms with Crippen LogP contribution in [-0.2, 0) is 10.8 Å². The molecule has 0 saturated carbocycles. The summed E-state index contributed by atoms with van der Waals surface area (Å²) in [5, 5.41) is 22.9. The minimum Gasteiger partial charge on any atom is -0.311 e. The lowest BCUT2D eigenvalue weighted by molar-refractivity contribution is 0.589. The van der Waals surface area contributed by atoms with Crippen molar-refractivity contribution in [3.8, 4) is 0 Å². The third-order valence-corrected chi connectivity index (χ3v) is 23.6. The molecule has 0 radical (unpaired) electrons. The molecule has 3 nitrogen and oxygen atoms in total. The van der Waals surface area contributed by atoms with Crippen LogP contribution < -0.4 is 47.5 Å². The Labute approximate surface area is 575 Å². The van der Waals surface area contributed by atoms with Gasteiger partial charge in [-0.3, -0.25) is 0 Å². The summed E-state index contributed by atoms with van der Waals surface area (Å²) in [6.07, 6.45) is 0. The van der Waals surface area contributed by atoms with Crippen LogP contribution in [0.25, 0.3) is 97.0 Å². The zero-order valence-corrected chi connectivity index (χ0v) is 56.4. The zero-order valence-electron chi connectivity index (χ0n) is 55.5. The van der Waals surface area contributed by atoms with Crippen LogP contribution in [0.3, 0.4) is 0 Å². The molecular formula is C92H65B2N3S. The predicted octanol–water partition coefficient (Wildman–Crippen LogP) is 21.5. The van der Waals surface area contributed by atoms with E-state index in [0.29, 0.717) is 0 Å². The van der Waals surface area contributed by atoms with Gasteiger partial charge in [-0.1, -0.05) is 265 Å². The van der Waals surface area contributed by atoms with Crippen molar-refractivity contribution in [1.29, 1.82) is 0 Å². The first-order chi connectivity index (χ1) is 47.9. The minimum atomic E-state index is -0.207. The molecule has 0 bridgehead atoms. The molecule has 0 saturated heterocycles. The second kappa shape index (κ2) is 20.3. The topological polar surface area (TPSA) is 9.72 Å². The first kappa shape index (κ1) is 56.2. The highest BCUT2D eigenvalue weighted by Gasteiger charge is 2.48. The van der Waals surface area contributed by atoms with Crippen LogP contribution in [0.15, 0.2) is 295 Å².